The number of carbonyl (C=O) groups excluding carboxylic acids is 2. The second-order valence-electron chi connectivity index (χ2n) is 3.07. The zero-order valence-electron chi connectivity index (χ0n) is 8.82. The van der Waals surface area contributed by atoms with E-state index in [0.29, 0.717) is 6.42 Å². The molecule has 0 aromatic heterocycles. The molecule has 1 aliphatic heterocycles. The van der Waals surface area contributed by atoms with Crippen molar-refractivity contribution in [3.63, 3.8) is 0 Å². The molecule has 0 saturated carbocycles. The second-order valence-corrected chi connectivity index (χ2v) is 4.27. The van der Waals surface area contributed by atoms with E-state index in [-0.39, 0.29) is 11.9 Å². The van der Waals surface area contributed by atoms with E-state index in [2.05, 4.69) is 5.32 Å². The summed E-state index contributed by atoms with van der Waals surface area (Å²) in [5, 5.41) is 3.00. The molecule has 0 spiro atoms. The van der Waals surface area contributed by atoms with Gasteiger partial charge in [-0.15, -0.1) is 11.8 Å². The molecule has 15 heavy (non-hydrogen) atoms. The van der Waals surface area contributed by atoms with Crippen molar-refractivity contribution in [1.29, 1.82) is 0 Å². The molecular formula is C9H15NO4S. The number of nitrogens with one attached hydrogen (secondary N) is 1. The van der Waals surface area contributed by atoms with E-state index >= 15 is 0 Å². The third kappa shape index (κ3) is 4.09. The predicted molar refractivity (Wildman–Crippen MR) is 56.2 cm³/mol. The standard InChI is InChI=1S/C9H15NO4S/c1-3-7(12)14-8-9(13-6(2)11)15-5-4-10-8/h8-10H,3-5H2,1-2H3. The van der Waals surface area contributed by atoms with Crippen molar-refractivity contribution in [2.75, 3.05) is 12.3 Å². The summed E-state index contributed by atoms with van der Waals surface area (Å²) >= 11 is 1.47. The highest BCUT2D eigenvalue weighted by atomic mass is 32.2. The van der Waals surface area contributed by atoms with Crippen LogP contribution < -0.4 is 5.32 Å². The molecule has 0 aromatic rings. The summed E-state index contributed by atoms with van der Waals surface area (Å²) in [7, 11) is 0. The highest BCUT2D eigenvalue weighted by Gasteiger charge is 2.30. The summed E-state index contributed by atoms with van der Waals surface area (Å²) in [6.45, 7) is 3.80. The summed E-state index contributed by atoms with van der Waals surface area (Å²) in [6, 6.07) is 0. The van der Waals surface area contributed by atoms with Crippen LogP contribution in [0.1, 0.15) is 20.3 Å². The molecule has 2 atom stereocenters. The first-order valence-electron chi connectivity index (χ1n) is 4.85. The minimum absolute atomic E-state index is 0.299. The van der Waals surface area contributed by atoms with Gasteiger partial charge in [-0.3, -0.25) is 14.9 Å². The maximum Gasteiger partial charge on any atom is 0.307 e. The maximum absolute atomic E-state index is 11.1. The van der Waals surface area contributed by atoms with E-state index < -0.39 is 11.7 Å². The smallest absolute Gasteiger partial charge is 0.307 e. The summed E-state index contributed by atoms with van der Waals surface area (Å²) in [5.74, 6) is 0.166. The van der Waals surface area contributed by atoms with Gasteiger partial charge in [-0.1, -0.05) is 6.92 Å². The molecule has 1 saturated heterocycles. The SMILES string of the molecule is CCC(=O)OC1NCCSC1OC(C)=O. The average molecular weight is 233 g/mol. The first-order valence-corrected chi connectivity index (χ1v) is 5.90. The van der Waals surface area contributed by atoms with E-state index in [1.54, 1.807) is 6.92 Å². The van der Waals surface area contributed by atoms with Gasteiger partial charge in [0.2, 0.25) is 0 Å². The zero-order valence-corrected chi connectivity index (χ0v) is 9.63. The van der Waals surface area contributed by atoms with E-state index in [1.807, 2.05) is 0 Å². The fourth-order valence-electron chi connectivity index (χ4n) is 1.14. The lowest BCUT2D eigenvalue weighted by Gasteiger charge is -2.30. The zero-order chi connectivity index (χ0) is 11.3. The van der Waals surface area contributed by atoms with Gasteiger partial charge in [-0.05, 0) is 0 Å². The van der Waals surface area contributed by atoms with Crippen LogP contribution in [0.2, 0.25) is 0 Å². The number of carbonyl (C=O) groups is 2. The minimum atomic E-state index is -0.528. The Morgan fingerprint density at radius 2 is 2.20 bits per heavy atom. The van der Waals surface area contributed by atoms with Gasteiger partial charge in [-0.25, -0.2) is 0 Å². The topological polar surface area (TPSA) is 64.6 Å². The molecule has 1 fully saturated rings. The Balaban J connectivity index is 2.49. The highest BCUT2D eigenvalue weighted by Crippen LogP contribution is 2.21. The molecule has 1 aliphatic rings. The normalized spacial score (nSPS) is 25.7. The molecule has 0 radical (unpaired) electrons. The van der Waals surface area contributed by atoms with Gasteiger partial charge < -0.3 is 9.47 Å². The van der Waals surface area contributed by atoms with Gasteiger partial charge in [0.1, 0.15) is 0 Å². The fraction of sp³-hybridized carbons (Fsp3) is 0.778. The Morgan fingerprint density at radius 3 is 2.80 bits per heavy atom. The Labute approximate surface area is 92.9 Å². The molecule has 0 amide bonds. The van der Waals surface area contributed by atoms with Crippen molar-refractivity contribution < 1.29 is 19.1 Å². The van der Waals surface area contributed by atoms with Crippen molar-refractivity contribution >= 4 is 23.7 Å². The van der Waals surface area contributed by atoms with Crippen molar-refractivity contribution in [2.45, 2.75) is 31.9 Å². The van der Waals surface area contributed by atoms with Gasteiger partial charge in [0.25, 0.3) is 0 Å². The van der Waals surface area contributed by atoms with Crippen LogP contribution in [-0.2, 0) is 19.1 Å². The summed E-state index contributed by atoms with van der Waals surface area (Å²) in [4.78, 5) is 21.9. The number of thioether (sulfide) groups is 1. The molecule has 1 rings (SSSR count). The Bertz CT molecular complexity index is 246. The van der Waals surface area contributed by atoms with Crippen molar-refractivity contribution in [3.05, 3.63) is 0 Å². The van der Waals surface area contributed by atoms with Crippen LogP contribution in [0, 0.1) is 0 Å². The number of hydrogen-bond donors (Lipinski definition) is 1. The molecule has 0 aliphatic carbocycles. The molecule has 1 N–H and O–H groups in total. The lowest BCUT2D eigenvalue weighted by atomic mass is 10.5. The van der Waals surface area contributed by atoms with Crippen LogP contribution in [0.3, 0.4) is 0 Å². The predicted octanol–water partition coefficient (Wildman–Crippen LogP) is 0.491. The van der Waals surface area contributed by atoms with E-state index in [0.717, 1.165) is 12.3 Å². The van der Waals surface area contributed by atoms with Crippen LogP contribution in [0.15, 0.2) is 0 Å². The Hall–Kier alpha value is -0.750. The lowest BCUT2D eigenvalue weighted by Crippen LogP contribution is -2.48. The van der Waals surface area contributed by atoms with Crippen molar-refractivity contribution in [1.82, 2.24) is 5.32 Å². The molecule has 2 unspecified atom stereocenters. The van der Waals surface area contributed by atoms with Crippen molar-refractivity contribution in [2.24, 2.45) is 0 Å². The number of rotatable bonds is 3. The van der Waals surface area contributed by atoms with Crippen LogP contribution in [0.4, 0.5) is 0 Å². The quantitative estimate of drug-likeness (QED) is 0.716. The molecule has 6 heteroatoms. The second kappa shape index (κ2) is 5.97. The number of ether oxygens (including phenoxy) is 2. The largest absolute Gasteiger partial charge is 0.446 e. The Morgan fingerprint density at radius 1 is 1.47 bits per heavy atom. The van der Waals surface area contributed by atoms with Crippen LogP contribution in [0.5, 0.6) is 0 Å². The third-order valence-electron chi connectivity index (χ3n) is 1.81. The van der Waals surface area contributed by atoms with Gasteiger partial charge in [0.15, 0.2) is 11.7 Å². The molecule has 0 aromatic carbocycles. The van der Waals surface area contributed by atoms with Crippen LogP contribution in [-0.4, -0.2) is 35.9 Å². The van der Waals surface area contributed by atoms with E-state index in [4.69, 9.17) is 9.47 Å². The van der Waals surface area contributed by atoms with E-state index in [1.165, 1.54) is 18.7 Å². The third-order valence-corrected chi connectivity index (χ3v) is 2.92. The minimum Gasteiger partial charge on any atom is -0.446 e. The van der Waals surface area contributed by atoms with E-state index in [9.17, 15) is 9.59 Å². The molecule has 0 bridgehead atoms. The first-order chi connectivity index (χ1) is 7.13. The summed E-state index contributed by atoms with van der Waals surface area (Å²) < 4.78 is 10.1. The Kier molecular flexibility index (Phi) is 4.90. The number of esters is 2. The average Bonchev–Trinajstić information content (AvgIpc) is 2.20. The molecule has 86 valence electrons. The van der Waals surface area contributed by atoms with Gasteiger partial charge in [-0.2, -0.15) is 0 Å². The number of hydrogen-bond acceptors (Lipinski definition) is 6. The molecular weight excluding hydrogens is 218 g/mol. The molecule has 5 nitrogen and oxygen atoms in total. The molecule has 1 heterocycles. The monoisotopic (exact) mass is 233 g/mol. The van der Waals surface area contributed by atoms with Crippen LogP contribution >= 0.6 is 11.8 Å². The maximum atomic E-state index is 11.1. The first kappa shape index (κ1) is 12.3. The van der Waals surface area contributed by atoms with Crippen molar-refractivity contribution in [3.8, 4) is 0 Å². The highest BCUT2D eigenvalue weighted by molar-refractivity contribution is 7.99. The van der Waals surface area contributed by atoms with Gasteiger partial charge >= 0.3 is 11.9 Å². The van der Waals surface area contributed by atoms with Gasteiger partial charge in [0, 0.05) is 25.6 Å². The fourth-order valence-corrected chi connectivity index (χ4v) is 2.14. The van der Waals surface area contributed by atoms with Gasteiger partial charge in [0.05, 0.1) is 0 Å². The lowest BCUT2D eigenvalue weighted by molar-refractivity contribution is -0.162. The van der Waals surface area contributed by atoms with Crippen LogP contribution in [0.25, 0.3) is 0 Å². The summed E-state index contributed by atoms with van der Waals surface area (Å²) in [5.41, 5.74) is -0.438. The summed E-state index contributed by atoms with van der Waals surface area (Å²) in [6.07, 6.45) is -0.213.